The highest BCUT2D eigenvalue weighted by Crippen LogP contribution is 2.33. The minimum absolute atomic E-state index is 0.191. The van der Waals surface area contributed by atoms with Gasteiger partial charge in [-0.05, 0) is 31.2 Å². The first-order chi connectivity index (χ1) is 11.4. The van der Waals surface area contributed by atoms with E-state index < -0.39 is 16.6 Å². The monoisotopic (exact) mass is 339 g/mol. The molecule has 0 aliphatic carbocycles. The molecule has 3 heterocycles. The predicted octanol–water partition coefficient (Wildman–Crippen LogP) is 1.02. The molecule has 0 bridgehead atoms. The third-order valence-corrected chi connectivity index (χ3v) is 4.58. The number of carbonyl (C=O) groups is 1. The van der Waals surface area contributed by atoms with E-state index in [2.05, 4.69) is 9.88 Å². The molecule has 2 aliphatic heterocycles. The molecule has 132 valence electrons. The van der Waals surface area contributed by atoms with E-state index in [-0.39, 0.29) is 5.82 Å². The predicted molar refractivity (Wildman–Crippen MR) is 83.2 cm³/mol. The molecule has 1 aromatic rings. The lowest BCUT2D eigenvalue weighted by Crippen LogP contribution is -2.48. The van der Waals surface area contributed by atoms with Gasteiger partial charge in [0.25, 0.3) is 0 Å². The van der Waals surface area contributed by atoms with Crippen LogP contribution in [0.5, 0.6) is 6.01 Å². The molecule has 10 nitrogen and oxygen atoms in total. The van der Waals surface area contributed by atoms with Gasteiger partial charge in [0.1, 0.15) is 11.8 Å². The van der Waals surface area contributed by atoms with Crippen molar-refractivity contribution in [3.05, 3.63) is 16.3 Å². The number of nitrogens with zero attached hydrogens (tertiary/aromatic N) is 5. The highest BCUT2D eigenvalue weighted by Gasteiger charge is 2.39. The summed E-state index contributed by atoms with van der Waals surface area (Å²) in [5.74, 6) is -0.191. The fourth-order valence-corrected chi connectivity index (χ4v) is 3.25. The molecule has 1 unspecified atom stereocenters. The number of hydrogen-bond acceptors (Lipinski definition) is 6. The van der Waals surface area contributed by atoms with Crippen LogP contribution in [0.1, 0.15) is 19.8 Å². The Bertz CT molecular complexity index is 614. The lowest BCUT2D eigenvalue weighted by Gasteiger charge is -2.33. The van der Waals surface area contributed by atoms with Crippen molar-refractivity contribution < 1.29 is 19.6 Å². The number of nitro groups is 1. The minimum atomic E-state index is -0.856. The Morgan fingerprint density at radius 2 is 2.17 bits per heavy atom. The number of piperazine rings is 1. The zero-order valence-corrected chi connectivity index (χ0v) is 13.6. The number of carboxylic acid groups (broad SMARTS) is 1. The van der Waals surface area contributed by atoms with Crippen LogP contribution in [0.25, 0.3) is 0 Å². The van der Waals surface area contributed by atoms with Gasteiger partial charge in [0, 0.05) is 31.2 Å². The van der Waals surface area contributed by atoms with Gasteiger partial charge in [-0.2, -0.15) is 0 Å². The van der Waals surface area contributed by atoms with Gasteiger partial charge in [0.15, 0.2) is 0 Å². The summed E-state index contributed by atoms with van der Waals surface area (Å²) in [5, 5.41) is 19.6. The van der Waals surface area contributed by atoms with E-state index in [0.717, 1.165) is 32.5 Å². The van der Waals surface area contributed by atoms with Crippen LogP contribution in [-0.4, -0.2) is 73.8 Å². The van der Waals surface area contributed by atoms with Gasteiger partial charge in [0.2, 0.25) is 0 Å². The highest BCUT2D eigenvalue weighted by atomic mass is 16.6. The van der Waals surface area contributed by atoms with E-state index in [1.54, 1.807) is 4.57 Å². The summed E-state index contributed by atoms with van der Waals surface area (Å²) in [4.78, 5) is 28.6. The van der Waals surface area contributed by atoms with Crippen LogP contribution in [0.4, 0.5) is 10.6 Å². The summed E-state index contributed by atoms with van der Waals surface area (Å²) in [7, 11) is 0. The van der Waals surface area contributed by atoms with Gasteiger partial charge >= 0.3 is 17.9 Å². The minimum Gasteiger partial charge on any atom is -0.465 e. The number of hydrogen-bond donors (Lipinski definition) is 1. The summed E-state index contributed by atoms with van der Waals surface area (Å²) < 4.78 is 7.49. The smallest absolute Gasteiger partial charge is 0.414 e. The van der Waals surface area contributed by atoms with E-state index in [4.69, 9.17) is 9.84 Å². The molecule has 0 spiro atoms. The van der Waals surface area contributed by atoms with Crippen molar-refractivity contribution in [1.29, 1.82) is 0 Å². The fraction of sp³-hybridized carbons (Fsp3) is 0.714. The molecule has 3 rings (SSSR count). The Labute approximate surface area is 138 Å². The lowest BCUT2D eigenvalue weighted by atomic mass is 10.00. The van der Waals surface area contributed by atoms with Crippen LogP contribution in [0, 0.1) is 10.1 Å². The molecule has 1 saturated heterocycles. The van der Waals surface area contributed by atoms with Crippen molar-refractivity contribution in [2.45, 2.75) is 31.9 Å². The van der Waals surface area contributed by atoms with Crippen molar-refractivity contribution >= 4 is 11.9 Å². The third-order valence-electron chi connectivity index (χ3n) is 4.58. The SMILES string of the molecule is CC1(CCCN2CCN(C(=O)O)CC2)Cn2cc([N+](=O)[O-])nc2O1. The Kier molecular flexibility index (Phi) is 4.31. The Morgan fingerprint density at radius 3 is 2.75 bits per heavy atom. The standard InChI is InChI=1S/C14H21N5O5/c1-14(10-18-9-11(19(22)23)15-12(18)24-14)3-2-4-16-5-7-17(8-6-16)13(20)21/h9H,2-8,10H2,1H3,(H,20,21). The van der Waals surface area contributed by atoms with Gasteiger partial charge in [-0.25, -0.2) is 4.79 Å². The molecule has 1 N–H and O–H groups in total. The summed E-state index contributed by atoms with van der Waals surface area (Å²) in [6.45, 7) is 6.00. The number of fused-ring (bicyclic) bond motifs is 1. The van der Waals surface area contributed by atoms with Crippen LogP contribution in [0.3, 0.4) is 0 Å². The third kappa shape index (κ3) is 3.42. The lowest BCUT2D eigenvalue weighted by molar-refractivity contribution is -0.389. The molecule has 24 heavy (non-hydrogen) atoms. The number of aromatic nitrogens is 2. The zero-order valence-electron chi connectivity index (χ0n) is 13.6. The largest absolute Gasteiger partial charge is 0.465 e. The van der Waals surface area contributed by atoms with E-state index in [1.165, 1.54) is 11.1 Å². The van der Waals surface area contributed by atoms with Crippen LogP contribution >= 0.6 is 0 Å². The van der Waals surface area contributed by atoms with Gasteiger partial charge in [-0.15, -0.1) is 0 Å². The van der Waals surface area contributed by atoms with Gasteiger partial charge in [0.05, 0.1) is 6.54 Å². The second-order valence-electron chi connectivity index (χ2n) is 6.53. The van der Waals surface area contributed by atoms with Crippen LogP contribution in [-0.2, 0) is 6.54 Å². The normalized spacial score (nSPS) is 23.8. The molecule has 0 aromatic carbocycles. The van der Waals surface area contributed by atoms with E-state index in [0.29, 0.717) is 25.6 Å². The van der Waals surface area contributed by atoms with Gasteiger partial charge in [-0.3, -0.25) is 9.47 Å². The topological polar surface area (TPSA) is 114 Å². The van der Waals surface area contributed by atoms with Crippen LogP contribution in [0.15, 0.2) is 6.20 Å². The summed E-state index contributed by atoms with van der Waals surface area (Å²) >= 11 is 0. The Morgan fingerprint density at radius 1 is 1.46 bits per heavy atom. The molecule has 0 saturated carbocycles. The average molecular weight is 339 g/mol. The van der Waals surface area contributed by atoms with E-state index in [9.17, 15) is 14.9 Å². The van der Waals surface area contributed by atoms with E-state index >= 15 is 0 Å². The number of amides is 1. The second kappa shape index (κ2) is 6.27. The molecular formula is C14H21N5O5. The molecular weight excluding hydrogens is 318 g/mol. The van der Waals surface area contributed by atoms with Gasteiger partial charge in [-0.1, -0.05) is 0 Å². The van der Waals surface area contributed by atoms with Crippen molar-refractivity contribution in [1.82, 2.24) is 19.4 Å². The average Bonchev–Trinajstić information content (AvgIpc) is 3.03. The summed E-state index contributed by atoms with van der Waals surface area (Å²) in [5.41, 5.74) is -0.402. The van der Waals surface area contributed by atoms with Crippen molar-refractivity contribution in [3.63, 3.8) is 0 Å². The fourth-order valence-electron chi connectivity index (χ4n) is 3.25. The maximum atomic E-state index is 10.9. The quantitative estimate of drug-likeness (QED) is 0.629. The highest BCUT2D eigenvalue weighted by molar-refractivity contribution is 5.65. The Balaban J connectivity index is 1.43. The van der Waals surface area contributed by atoms with Crippen LogP contribution < -0.4 is 4.74 Å². The molecule has 1 fully saturated rings. The molecule has 10 heteroatoms. The molecule has 1 aromatic heterocycles. The number of rotatable bonds is 5. The first-order valence-corrected chi connectivity index (χ1v) is 7.97. The Hall–Kier alpha value is -2.36. The van der Waals surface area contributed by atoms with Crippen molar-refractivity contribution in [3.8, 4) is 6.01 Å². The summed E-state index contributed by atoms with van der Waals surface area (Å²) in [6, 6.07) is 0.305. The molecule has 2 aliphatic rings. The van der Waals surface area contributed by atoms with E-state index in [1.807, 2.05) is 6.92 Å². The van der Waals surface area contributed by atoms with Crippen molar-refractivity contribution in [2.75, 3.05) is 32.7 Å². The molecule has 0 radical (unpaired) electrons. The molecule has 1 atom stereocenters. The zero-order chi connectivity index (χ0) is 17.3. The second-order valence-corrected chi connectivity index (χ2v) is 6.53. The first-order valence-electron chi connectivity index (χ1n) is 7.97. The maximum Gasteiger partial charge on any atom is 0.414 e. The van der Waals surface area contributed by atoms with Gasteiger partial charge < -0.3 is 24.9 Å². The first kappa shape index (κ1) is 16.5. The molecule has 1 amide bonds. The summed E-state index contributed by atoms with van der Waals surface area (Å²) in [6.07, 6.45) is 2.27. The number of ether oxygens (including phenoxy) is 1. The van der Waals surface area contributed by atoms with Crippen molar-refractivity contribution in [2.24, 2.45) is 0 Å². The number of imidazole rings is 1. The maximum absolute atomic E-state index is 10.9. The van der Waals surface area contributed by atoms with Crippen LogP contribution in [0.2, 0.25) is 0 Å².